The van der Waals surface area contributed by atoms with Crippen molar-refractivity contribution in [1.29, 1.82) is 0 Å². The van der Waals surface area contributed by atoms with Crippen LogP contribution in [0.4, 0.5) is 0 Å². The number of rotatable bonds is 6. The first-order chi connectivity index (χ1) is 9.76. The van der Waals surface area contributed by atoms with E-state index < -0.39 is 0 Å². The molecule has 0 bridgehead atoms. The lowest BCUT2D eigenvalue weighted by Crippen LogP contribution is -2.19. The highest BCUT2D eigenvalue weighted by Gasteiger charge is 2.09. The molecule has 1 aromatic carbocycles. The average Bonchev–Trinajstić information content (AvgIpc) is 2.48. The summed E-state index contributed by atoms with van der Waals surface area (Å²) in [5, 5.41) is 9.62. The average molecular weight is 273 g/mol. The lowest BCUT2D eigenvalue weighted by molar-refractivity contribution is 0.318. The first-order valence-electron chi connectivity index (χ1n) is 6.71. The van der Waals surface area contributed by atoms with Gasteiger partial charge in [-0.15, -0.1) is 0 Å². The molecule has 0 saturated carbocycles. The van der Waals surface area contributed by atoms with E-state index >= 15 is 0 Å². The highest BCUT2D eigenvalue weighted by molar-refractivity contribution is 5.67. The Morgan fingerprint density at radius 2 is 2.15 bits per heavy atom. The van der Waals surface area contributed by atoms with E-state index in [1.807, 2.05) is 24.3 Å². The largest absolute Gasteiger partial charge is 0.493 e. The van der Waals surface area contributed by atoms with Gasteiger partial charge in [0.2, 0.25) is 0 Å². The van der Waals surface area contributed by atoms with E-state index in [1.54, 1.807) is 13.1 Å². The molecule has 5 nitrogen and oxygen atoms in total. The van der Waals surface area contributed by atoms with Crippen molar-refractivity contribution in [2.45, 2.75) is 19.9 Å². The fourth-order valence-corrected chi connectivity index (χ4v) is 1.92. The van der Waals surface area contributed by atoms with Gasteiger partial charge in [-0.1, -0.05) is 19.1 Å². The second kappa shape index (κ2) is 6.86. The Morgan fingerprint density at radius 1 is 1.35 bits per heavy atom. The monoisotopic (exact) mass is 273 g/mol. The van der Waals surface area contributed by atoms with Gasteiger partial charge in [0.1, 0.15) is 5.75 Å². The number of nitrogens with zero attached hydrogens (tertiary/aromatic N) is 1. The molecule has 0 aliphatic rings. The molecule has 106 valence electrons. The van der Waals surface area contributed by atoms with Crippen LogP contribution in [0, 0.1) is 0 Å². The Bertz CT molecular complexity index is 623. The predicted molar refractivity (Wildman–Crippen MR) is 78.8 cm³/mol. The minimum absolute atomic E-state index is 0.171. The van der Waals surface area contributed by atoms with Crippen LogP contribution in [0.1, 0.15) is 18.9 Å². The van der Waals surface area contributed by atoms with Gasteiger partial charge in [0, 0.05) is 17.7 Å². The lowest BCUT2D eigenvalue weighted by atomic mass is 10.1. The molecular formula is C15H19N3O2. The van der Waals surface area contributed by atoms with Crippen molar-refractivity contribution in [3.63, 3.8) is 0 Å². The van der Waals surface area contributed by atoms with Crippen LogP contribution in [0.3, 0.4) is 0 Å². The summed E-state index contributed by atoms with van der Waals surface area (Å²) < 4.78 is 5.72. The van der Waals surface area contributed by atoms with E-state index in [-0.39, 0.29) is 5.56 Å². The summed E-state index contributed by atoms with van der Waals surface area (Å²) in [7, 11) is 1.80. The zero-order chi connectivity index (χ0) is 14.4. The molecule has 0 aliphatic heterocycles. The molecule has 20 heavy (non-hydrogen) atoms. The van der Waals surface area contributed by atoms with Crippen LogP contribution >= 0.6 is 0 Å². The van der Waals surface area contributed by atoms with E-state index in [0.29, 0.717) is 24.4 Å². The third-order valence-corrected chi connectivity index (χ3v) is 2.87. The minimum atomic E-state index is -0.171. The molecule has 1 aromatic heterocycles. The summed E-state index contributed by atoms with van der Waals surface area (Å²) in [6.45, 7) is 3.22. The topological polar surface area (TPSA) is 67.0 Å². The molecule has 0 atom stereocenters. The van der Waals surface area contributed by atoms with Gasteiger partial charge >= 0.3 is 0 Å². The van der Waals surface area contributed by atoms with Crippen molar-refractivity contribution in [1.82, 2.24) is 15.5 Å². The maximum atomic E-state index is 11.7. The molecular weight excluding hydrogens is 254 g/mol. The highest BCUT2D eigenvalue weighted by Crippen LogP contribution is 2.28. The molecule has 0 fully saturated rings. The van der Waals surface area contributed by atoms with Crippen LogP contribution in [0.15, 0.2) is 35.1 Å². The quantitative estimate of drug-likeness (QED) is 0.844. The molecule has 5 heteroatoms. The first kappa shape index (κ1) is 14.3. The van der Waals surface area contributed by atoms with E-state index in [1.165, 1.54) is 0 Å². The summed E-state index contributed by atoms with van der Waals surface area (Å²) in [6, 6.07) is 9.50. The molecule has 2 N–H and O–H groups in total. The second-order valence-corrected chi connectivity index (χ2v) is 4.48. The maximum Gasteiger partial charge on any atom is 0.268 e. The SMILES string of the molecule is CCCOc1ccccc1-c1cc(CNC)c(=O)[nH]n1. The molecule has 0 radical (unpaired) electrons. The number of para-hydroxylation sites is 1. The number of ether oxygens (including phenoxy) is 1. The van der Waals surface area contributed by atoms with Crippen molar-refractivity contribution in [2.24, 2.45) is 0 Å². The highest BCUT2D eigenvalue weighted by atomic mass is 16.5. The summed E-state index contributed by atoms with van der Waals surface area (Å²) in [6.07, 6.45) is 0.943. The van der Waals surface area contributed by atoms with Gasteiger partial charge in [-0.05, 0) is 31.7 Å². The number of H-pyrrole nitrogens is 1. The predicted octanol–water partition coefficient (Wildman–Crippen LogP) is 1.95. The van der Waals surface area contributed by atoms with Gasteiger partial charge in [-0.2, -0.15) is 5.10 Å². The Kier molecular flexibility index (Phi) is 4.90. The normalized spacial score (nSPS) is 10.5. The number of nitrogens with one attached hydrogen (secondary N) is 2. The number of aromatic nitrogens is 2. The molecule has 2 rings (SSSR count). The molecule has 0 spiro atoms. The zero-order valence-corrected chi connectivity index (χ0v) is 11.8. The summed E-state index contributed by atoms with van der Waals surface area (Å²) in [5.41, 5.74) is 2.08. The molecule has 0 aliphatic carbocycles. The number of benzene rings is 1. The fraction of sp³-hybridized carbons (Fsp3) is 0.333. The standard InChI is InChI=1S/C15H19N3O2/c1-3-8-20-14-7-5-4-6-12(14)13-9-11(10-16-2)15(19)18-17-13/h4-7,9,16H,3,8,10H2,1-2H3,(H,18,19). The molecule has 0 amide bonds. The number of hydrogen-bond donors (Lipinski definition) is 2. The van der Waals surface area contributed by atoms with Crippen molar-refractivity contribution >= 4 is 0 Å². The Balaban J connectivity index is 2.40. The molecule has 0 unspecified atom stereocenters. The second-order valence-electron chi connectivity index (χ2n) is 4.48. The molecule has 0 saturated heterocycles. The van der Waals surface area contributed by atoms with Crippen LogP contribution in [0.5, 0.6) is 5.75 Å². The minimum Gasteiger partial charge on any atom is -0.493 e. The number of hydrogen-bond acceptors (Lipinski definition) is 4. The van der Waals surface area contributed by atoms with Gasteiger partial charge in [0.05, 0.1) is 12.3 Å². The van der Waals surface area contributed by atoms with Gasteiger partial charge in [-0.25, -0.2) is 5.10 Å². The van der Waals surface area contributed by atoms with Crippen LogP contribution in [-0.4, -0.2) is 23.9 Å². The maximum absolute atomic E-state index is 11.7. The van der Waals surface area contributed by atoms with Crippen LogP contribution in [0.2, 0.25) is 0 Å². The van der Waals surface area contributed by atoms with Gasteiger partial charge < -0.3 is 10.1 Å². The van der Waals surface area contributed by atoms with Crippen molar-refractivity contribution < 1.29 is 4.74 Å². The van der Waals surface area contributed by atoms with E-state index in [0.717, 1.165) is 17.7 Å². The van der Waals surface area contributed by atoms with E-state index in [9.17, 15) is 4.79 Å². The summed E-state index contributed by atoms with van der Waals surface area (Å²) in [5.74, 6) is 0.782. The summed E-state index contributed by atoms with van der Waals surface area (Å²) >= 11 is 0. The Hall–Kier alpha value is -2.14. The van der Waals surface area contributed by atoms with Gasteiger partial charge in [-0.3, -0.25) is 4.79 Å². The van der Waals surface area contributed by atoms with Crippen molar-refractivity contribution in [2.75, 3.05) is 13.7 Å². The van der Waals surface area contributed by atoms with Crippen LogP contribution < -0.4 is 15.6 Å². The Labute approximate surface area is 118 Å². The Morgan fingerprint density at radius 3 is 2.90 bits per heavy atom. The van der Waals surface area contributed by atoms with Crippen molar-refractivity contribution in [3.05, 3.63) is 46.2 Å². The first-order valence-corrected chi connectivity index (χ1v) is 6.71. The number of aromatic amines is 1. The van der Waals surface area contributed by atoms with Crippen LogP contribution in [0.25, 0.3) is 11.3 Å². The lowest BCUT2D eigenvalue weighted by Gasteiger charge is -2.10. The van der Waals surface area contributed by atoms with E-state index in [4.69, 9.17) is 4.74 Å². The third-order valence-electron chi connectivity index (χ3n) is 2.87. The van der Waals surface area contributed by atoms with Gasteiger partial charge in [0.15, 0.2) is 0 Å². The smallest absolute Gasteiger partial charge is 0.268 e. The summed E-state index contributed by atoms with van der Waals surface area (Å²) in [4.78, 5) is 11.7. The van der Waals surface area contributed by atoms with Crippen LogP contribution in [-0.2, 0) is 6.54 Å². The van der Waals surface area contributed by atoms with Crippen molar-refractivity contribution in [3.8, 4) is 17.0 Å². The fourth-order valence-electron chi connectivity index (χ4n) is 1.92. The van der Waals surface area contributed by atoms with E-state index in [2.05, 4.69) is 22.4 Å². The third kappa shape index (κ3) is 3.24. The molecule has 2 aromatic rings. The van der Waals surface area contributed by atoms with Gasteiger partial charge in [0.25, 0.3) is 5.56 Å². The zero-order valence-electron chi connectivity index (χ0n) is 11.8. The molecule has 1 heterocycles.